The highest BCUT2D eigenvalue weighted by Crippen LogP contribution is 2.11. The molecule has 3 unspecified atom stereocenters. The summed E-state index contributed by atoms with van der Waals surface area (Å²) in [6, 6.07) is 3.23. The number of thiophene rings is 1. The van der Waals surface area contributed by atoms with Gasteiger partial charge in [0.1, 0.15) is 6.04 Å². The molecule has 7 heteroatoms. The maximum atomic E-state index is 12.1. The van der Waals surface area contributed by atoms with Gasteiger partial charge in [-0.2, -0.15) is 0 Å². The first-order chi connectivity index (χ1) is 9.58. The number of carbonyl (C=O) groups excluding carboxylic acids is 2. The standard InChI is InChI=1S/C14H21N3O2S.ClH/c1-9-8-15-6-5-11(9)17-13(18)10(2)16-14(19)12-4-3-7-20-12;/h3-4,7,9-11,15H,5-6,8H2,1-2H3,(H,16,19)(H,17,18);1H. The molecule has 1 aromatic heterocycles. The number of nitrogens with one attached hydrogen (secondary N) is 3. The van der Waals surface area contributed by atoms with Crippen molar-refractivity contribution in [1.29, 1.82) is 0 Å². The lowest BCUT2D eigenvalue weighted by Crippen LogP contribution is -2.53. The molecule has 2 rings (SSSR count). The van der Waals surface area contributed by atoms with E-state index in [0.29, 0.717) is 10.8 Å². The van der Waals surface area contributed by atoms with Gasteiger partial charge in [-0.05, 0) is 43.8 Å². The van der Waals surface area contributed by atoms with Crippen LogP contribution in [-0.2, 0) is 4.79 Å². The first kappa shape index (κ1) is 17.9. The van der Waals surface area contributed by atoms with E-state index in [1.807, 2.05) is 11.4 Å². The summed E-state index contributed by atoms with van der Waals surface area (Å²) in [6.07, 6.45) is 0.929. The summed E-state index contributed by atoms with van der Waals surface area (Å²) in [5.74, 6) is 0.0996. The SMILES string of the molecule is CC(NC(=O)c1cccs1)C(=O)NC1CCNCC1C.Cl. The molecule has 0 radical (unpaired) electrons. The Kier molecular flexibility index (Phi) is 7.14. The van der Waals surface area contributed by atoms with Gasteiger partial charge in [-0.3, -0.25) is 9.59 Å². The van der Waals surface area contributed by atoms with E-state index in [9.17, 15) is 9.59 Å². The third kappa shape index (κ3) is 4.98. The minimum atomic E-state index is -0.522. The van der Waals surface area contributed by atoms with Crippen LogP contribution in [0.4, 0.5) is 0 Å². The Morgan fingerprint density at radius 2 is 2.24 bits per heavy atom. The molecule has 5 nitrogen and oxygen atoms in total. The van der Waals surface area contributed by atoms with Crippen LogP contribution in [0.25, 0.3) is 0 Å². The van der Waals surface area contributed by atoms with E-state index < -0.39 is 6.04 Å². The molecule has 3 N–H and O–H groups in total. The third-order valence-electron chi connectivity index (χ3n) is 3.60. The van der Waals surface area contributed by atoms with Gasteiger partial charge in [-0.1, -0.05) is 13.0 Å². The topological polar surface area (TPSA) is 70.2 Å². The average Bonchev–Trinajstić information content (AvgIpc) is 2.95. The van der Waals surface area contributed by atoms with Crippen LogP contribution < -0.4 is 16.0 Å². The zero-order valence-corrected chi connectivity index (χ0v) is 13.9. The lowest BCUT2D eigenvalue weighted by atomic mass is 9.95. The highest BCUT2D eigenvalue weighted by atomic mass is 35.5. The number of hydrogen-bond donors (Lipinski definition) is 3. The predicted octanol–water partition coefficient (Wildman–Crippen LogP) is 1.40. The molecule has 2 heterocycles. The molecule has 1 aliphatic heterocycles. The maximum absolute atomic E-state index is 12.1. The summed E-state index contributed by atoms with van der Waals surface area (Å²) >= 11 is 1.37. The Morgan fingerprint density at radius 1 is 1.48 bits per heavy atom. The molecular weight excluding hydrogens is 310 g/mol. The van der Waals surface area contributed by atoms with E-state index in [1.54, 1.807) is 13.0 Å². The van der Waals surface area contributed by atoms with Crippen LogP contribution in [0.2, 0.25) is 0 Å². The molecule has 0 aliphatic carbocycles. The van der Waals surface area contributed by atoms with Crippen LogP contribution in [-0.4, -0.2) is 37.0 Å². The van der Waals surface area contributed by atoms with Gasteiger partial charge in [0.15, 0.2) is 0 Å². The van der Waals surface area contributed by atoms with Crippen molar-refractivity contribution in [2.45, 2.75) is 32.4 Å². The van der Waals surface area contributed by atoms with E-state index in [2.05, 4.69) is 22.9 Å². The molecule has 2 amide bonds. The second-order valence-electron chi connectivity index (χ2n) is 5.26. The van der Waals surface area contributed by atoms with E-state index in [4.69, 9.17) is 0 Å². The van der Waals surface area contributed by atoms with Gasteiger partial charge >= 0.3 is 0 Å². The third-order valence-corrected chi connectivity index (χ3v) is 4.47. The van der Waals surface area contributed by atoms with Crippen molar-refractivity contribution in [3.63, 3.8) is 0 Å². The summed E-state index contributed by atoms with van der Waals surface area (Å²) < 4.78 is 0. The average molecular weight is 332 g/mol. The molecule has 1 fully saturated rings. The lowest BCUT2D eigenvalue weighted by molar-refractivity contribution is -0.123. The number of amides is 2. The number of carbonyl (C=O) groups is 2. The molecule has 0 spiro atoms. The number of halogens is 1. The van der Waals surface area contributed by atoms with Gasteiger partial charge in [0, 0.05) is 6.04 Å². The molecule has 0 saturated carbocycles. The lowest BCUT2D eigenvalue weighted by Gasteiger charge is -2.31. The van der Waals surface area contributed by atoms with Crippen molar-refractivity contribution >= 4 is 35.6 Å². The second-order valence-corrected chi connectivity index (χ2v) is 6.21. The number of piperidine rings is 1. The van der Waals surface area contributed by atoms with Crippen molar-refractivity contribution in [3.05, 3.63) is 22.4 Å². The molecule has 3 atom stereocenters. The molecule has 1 aromatic rings. The monoisotopic (exact) mass is 331 g/mol. The van der Waals surface area contributed by atoms with Gasteiger partial charge < -0.3 is 16.0 Å². The van der Waals surface area contributed by atoms with Crippen LogP contribution in [0.15, 0.2) is 17.5 Å². The van der Waals surface area contributed by atoms with Crippen molar-refractivity contribution in [3.8, 4) is 0 Å². The van der Waals surface area contributed by atoms with Crippen molar-refractivity contribution in [1.82, 2.24) is 16.0 Å². The zero-order chi connectivity index (χ0) is 14.5. The van der Waals surface area contributed by atoms with Crippen molar-refractivity contribution in [2.24, 2.45) is 5.92 Å². The van der Waals surface area contributed by atoms with E-state index >= 15 is 0 Å². The molecule has 0 aromatic carbocycles. The predicted molar refractivity (Wildman–Crippen MR) is 87.1 cm³/mol. The van der Waals surface area contributed by atoms with Crippen LogP contribution in [0.1, 0.15) is 29.9 Å². The van der Waals surface area contributed by atoms with Gasteiger partial charge in [-0.15, -0.1) is 23.7 Å². The van der Waals surface area contributed by atoms with Crippen LogP contribution in [0.5, 0.6) is 0 Å². The minimum absolute atomic E-state index is 0. The van der Waals surface area contributed by atoms with Crippen molar-refractivity contribution in [2.75, 3.05) is 13.1 Å². The quantitative estimate of drug-likeness (QED) is 0.781. The molecule has 118 valence electrons. The Balaban J connectivity index is 0.00000220. The summed E-state index contributed by atoms with van der Waals surface area (Å²) in [5, 5.41) is 10.9. The van der Waals surface area contributed by atoms with Crippen molar-refractivity contribution < 1.29 is 9.59 Å². The number of hydrogen-bond acceptors (Lipinski definition) is 4. The summed E-state index contributed by atoms with van der Waals surface area (Å²) in [5.41, 5.74) is 0. The Hall–Kier alpha value is -1.11. The minimum Gasteiger partial charge on any atom is -0.351 e. The normalized spacial score (nSPS) is 22.8. The molecule has 21 heavy (non-hydrogen) atoms. The Bertz CT molecular complexity index is 467. The van der Waals surface area contributed by atoms with Gasteiger partial charge in [-0.25, -0.2) is 0 Å². The fourth-order valence-corrected chi connectivity index (χ4v) is 2.90. The van der Waals surface area contributed by atoms with Gasteiger partial charge in [0.2, 0.25) is 5.91 Å². The fraction of sp³-hybridized carbons (Fsp3) is 0.571. The molecule has 0 bridgehead atoms. The first-order valence-electron chi connectivity index (χ1n) is 6.93. The zero-order valence-electron chi connectivity index (χ0n) is 12.2. The summed E-state index contributed by atoms with van der Waals surface area (Å²) in [6.45, 7) is 5.67. The fourth-order valence-electron chi connectivity index (χ4n) is 2.28. The van der Waals surface area contributed by atoms with Crippen LogP contribution in [0, 0.1) is 5.92 Å². The number of rotatable bonds is 4. The smallest absolute Gasteiger partial charge is 0.261 e. The Morgan fingerprint density at radius 3 is 2.86 bits per heavy atom. The summed E-state index contributed by atoms with van der Waals surface area (Å²) in [4.78, 5) is 24.6. The largest absolute Gasteiger partial charge is 0.351 e. The highest BCUT2D eigenvalue weighted by molar-refractivity contribution is 7.12. The van der Waals surface area contributed by atoms with Gasteiger partial charge in [0.05, 0.1) is 4.88 Å². The van der Waals surface area contributed by atoms with E-state index in [0.717, 1.165) is 19.5 Å². The molecule has 1 aliphatic rings. The molecule has 1 saturated heterocycles. The Labute approximate surface area is 135 Å². The van der Waals surface area contributed by atoms with Crippen LogP contribution >= 0.6 is 23.7 Å². The highest BCUT2D eigenvalue weighted by Gasteiger charge is 2.25. The van der Waals surface area contributed by atoms with Gasteiger partial charge in [0.25, 0.3) is 5.91 Å². The first-order valence-corrected chi connectivity index (χ1v) is 7.81. The second kappa shape index (κ2) is 8.36. The van der Waals surface area contributed by atoms with E-state index in [1.165, 1.54) is 11.3 Å². The molecular formula is C14H22ClN3O2S. The van der Waals surface area contributed by atoms with Crippen LogP contribution in [0.3, 0.4) is 0 Å². The maximum Gasteiger partial charge on any atom is 0.261 e. The van der Waals surface area contributed by atoms with E-state index in [-0.39, 0.29) is 30.3 Å². The summed E-state index contributed by atoms with van der Waals surface area (Å²) in [7, 11) is 0.